The van der Waals surface area contributed by atoms with Gasteiger partial charge in [0.2, 0.25) is 11.9 Å². The fraction of sp³-hybridized carbons (Fsp3) is 0.222. The van der Waals surface area contributed by atoms with Crippen molar-refractivity contribution < 1.29 is 26.7 Å². The first-order chi connectivity index (χ1) is 17.9. The monoisotopic (exact) mass is 594 g/mol. The van der Waals surface area contributed by atoms with Gasteiger partial charge in [-0.3, -0.25) is 21.0 Å². The molecular formula is C18H28N14NiO6. The Hall–Kier alpha value is -5.33. The summed E-state index contributed by atoms with van der Waals surface area (Å²) in [6.07, 6.45) is 13.7. The van der Waals surface area contributed by atoms with E-state index in [4.69, 9.17) is 41.5 Å². The van der Waals surface area contributed by atoms with Crippen molar-refractivity contribution in [2.75, 3.05) is 28.2 Å². The van der Waals surface area contributed by atoms with Crippen LogP contribution in [-0.4, -0.2) is 100 Å². The summed E-state index contributed by atoms with van der Waals surface area (Å²) < 4.78 is 3.00. The van der Waals surface area contributed by atoms with E-state index in [1.165, 1.54) is 9.36 Å². The third kappa shape index (κ3) is 25.6. The van der Waals surface area contributed by atoms with E-state index in [1.54, 1.807) is 71.5 Å². The summed E-state index contributed by atoms with van der Waals surface area (Å²) in [5, 5.41) is 64.5. The van der Waals surface area contributed by atoms with Gasteiger partial charge >= 0.3 is 16.5 Å². The normalized spacial score (nSPS) is 8.10. The number of rotatable bonds is 0. The van der Waals surface area contributed by atoms with Crippen molar-refractivity contribution >= 4 is 11.9 Å². The van der Waals surface area contributed by atoms with Gasteiger partial charge in [-0.25, -0.2) is 9.36 Å². The molecule has 0 unspecified atom stereocenters. The minimum atomic E-state index is -1.75. The largest absolute Gasteiger partial charge is 2.00 e. The van der Waals surface area contributed by atoms with E-state index < -0.39 is 10.2 Å². The van der Waals surface area contributed by atoms with Gasteiger partial charge in [0.15, 0.2) is 0 Å². The van der Waals surface area contributed by atoms with Gasteiger partial charge in [0.25, 0.3) is 0 Å². The van der Waals surface area contributed by atoms with Crippen molar-refractivity contribution in [3.63, 3.8) is 0 Å². The first kappa shape index (κ1) is 38.2. The van der Waals surface area contributed by atoms with Crippen LogP contribution in [0.15, 0.2) is 73.8 Å². The molecule has 0 radical (unpaired) electrons. The van der Waals surface area contributed by atoms with Gasteiger partial charge in [0.05, 0.1) is 10.2 Å². The Balaban J connectivity index is -0.000000416. The number of hydrogen-bond acceptors (Lipinski definition) is 12. The third-order valence-electron chi connectivity index (χ3n) is 3.10. The van der Waals surface area contributed by atoms with Crippen LogP contribution in [0.3, 0.4) is 0 Å². The second-order valence-electron chi connectivity index (χ2n) is 6.32. The van der Waals surface area contributed by atoms with Crippen molar-refractivity contribution in [3.8, 4) is 0 Å². The Morgan fingerprint density at radius 3 is 1.13 bits per heavy atom. The van der Waals surface area contributed by atoms with Crippen LogP contribution < -0.4 is 0 Å². The molecule has 39 heavy (non-hydrogen) atoms. The number of aromatic amines is 2. The van der Waals surface area contributed by atoms with Crippen LogP contribution in [0.2, 0.25) is 0 Å². The molecule has 0 aromatic carbocycles. The first-order valence-electron chi connectivity index (χ1n) is 9.92. The summed E-state index contributed by atoms with van der Waals surface area (Å²) in [6, 6.07) is 7.25. The second kappa shape index (κ2) is 24.4. The van der Waals surface area contributed by atoms with E-state index in [-0.39, 0.29) is 16.5 Å². The Morgan fingerprint density at radius 2 is 1.00 bits per heavy atom. The third-order valence-corrected chi connectivity index (χ3v) is 3.10. The zero-order chi connectivity index (χ0) is 29.3. The van der Waals surface area contributed by atoms with E-state index in [1.807, 2.05) is 40.3 Å². The predicted molar refractivity (Wildman–Crippen MR) is 136 cm³/mol. The molecule has 21 heteroatoms. The molecule has 0 bridgehead atoms. The van der Waals surface area contributed by atoms with Crippen LogP contribution in [0.5, 0.6) is 0 Å². The fourth-order valence-electron chi connectivity index (χ4n) is 1.63. The number of nitrogens with zero attached hydrogens (tertiary/aromatic N) is 10. The summed E-state index contributed by atoms with van der Waals surface area (Å²) in [7, 11) is 7.24. The molecule has 0 spiro atoms. The van der Waals surface area contributed by atoms with Gasteiger partial charge in [-0.05, 0) is 24.3 Å². The van der Waals surface area contributed by atoms with Crippen LogP contribution in [0, 0.1) is 41.5 Å². The van der Waals surface area contributed by atoms with E-state index >= 15 is 0 Å². The molecule has 4 rings (SSSR count). The quantitative estimate of drug-likeness (QED) is 0.0722. The van der Waals surface area contributed by atoms with Crippen LogP contribution in [0.25, 0.3) is 0 Å². The second-order valence-corrected chi connectivity index (χ2v) is 6.32. The topological polar surface area (TPSA) is 280 Å². The van der Waals surface area contributed by atoms with E-state index in [2.05, 4.69) is 30.6 Å². The van der Waals surface area contributed by atoms with Crippen molar-refractivity contribution in [1.82, 2.24) is 49.8 Å². The molecule has 0 fully saturated rings. The van der Waals surface area contributed by atoms with Crippen molar-refractivity contribution in [3.05, 3.63) is 104 Å². The number of H-pyrrole nitrogens is 2. The van der Waals surface area contributed by atoms with E-state index in [9.17, 15) is 0 Å². The molecule has 20 nitrogen and oxygen atoms in total. The molecule has 0 aliphatic carbocycles. The molecule has 4 heterocycles. The van der Waals surface area contributed by atoms with Crippen molar-refractivity contribution in [2.45, 2.75) is 0 Å². The fourth-order valence-corrected chi connectivity index (χ4v) is 1.63. The van der Waals surface area contributed by atoms with E-state index in [0.717, 1.165) is 0 Å². The standard InChI is InChI=1S/2C6H10N4.2C3H4N2.2NO3.Ni/c2*1-9(2)6(7)10-5-3-4-8-10;2*1-2-4-5-3-1;2*2-1(3)4;/h2*3-5,7H,1-2H3;2*1-3H,(H,4,5);;;/q;;;;2*-1;+2. The molecule has 4 N–H and O–H groups in total. The van der Waals surface area contributed by atoms with Crippen molar-refractivity contribution in [2.24, 2.45) is 0 Å². The van der Waals surface area contributed by atoms with Crippen LogP contribution >= 0.6 is 0 Å². The minimum absolute atomic E-state index is 0. The SMILES string of the molecule is CN(C)C(=N)n1cccn1.CN(C)C(=N)n1cccn1.O=[N+]([O-])[O-].O=[N+]([O-])[O-].[Ni+2].c1cn[nH]c1.c1cn[nH]c1. The zero-order valence-corrected chi connectivity index (χ0v) is 22.2. The summed E-state index contributed by atoms with van der Waals surface area (Å²) in [5.41, 5.74) is 0. The molecule has 4 aromatic rings. The summed E-state index contributed by atoms with van der Waals surface area (Å²) >= 11 is 0. The Morgan fingerprint density at radius 1 is 0.692 bits per heavy atom. The average molecular weight is 595 g/mol. The molecular weight excluding hydrogens is 567 g/mol. The molecule has 0 saturated carbocycles. The van der Waals surface area contributed by atoms with Gasteiger partial charge in [-0.2, -0.15) is 20.4 Å². The molecule has 4 aromatic heterocycles. The molecule has 0 atom stereocenters. The van der Waals surface area contributed by atoms with Crippen LogP contribution in [-0.2, 0) is 16.5 Å². The Kier molecular flexibility index (Phi) is 23.9. The maximum absolute atomic E-state index is 8.25. The maximum atomic E-state index is 8.25. The van der Waals surface area contributed by atoms with Gasteiger partial charge in [0.1, 0.15) is 0 Å². The predicted octanol–water partition coefficient (Wildman–Crippen LogP) is 0.794. The molecule has 216 valence electrons. The maximum Gasteiger partial charge on any atom is 2.00 e. The first-order valence-corrected chi connectivity index (χ1v) is 9.92. The smallest absolute Gasteiger partial charge is 0.356 e. The Labute approximate surface area is 232 Å². The minimum Gasteiger partial charge on any atom is -0.356 e. The van der Waals surface area contributed by atoms with E-state index in [0.29, 0.717) is 11.9 Å². The number of hydrogen-bond donors (Lipinski definition) is 4. The zero-order valence-electron chi connectivity index (χ0n) is 21.2. The van der Waals surface area contributed by atoms with Gasteiger partial charge < -0.3 is 40.4 Å². The summed E-state index contributed by atoms with van der Waals surface area (Å²) in [5.74, 6) is 0.731. The van der Waals surface area contributed by atoms with Crippen molar-refractivity contribution in [1.29, 1.82) is 10.8 Å². The number of aromatic nitrogens is 8. The van der Waals surface area contributed by atoms with Gasteiger partial charge in [0, 0.05) is 77.8 Å². The molecule has 0 saturated heterocycles. The van der Waals surface area contributed by atoms with Gasteiger partial charge in [-0.1, -0.05) is 0 Å². The summed E-state index contributed by atoms with van der Waals surface area (Å²) in [6.45, 7) is 0. The average Bonchev–Trinajstić information content (AvgIpc) is 3.68. The molecule has 0 amide bonds. The Bertz CT molecular complexity index is 957. The van der Waals surface area contributed by atoms with Crippen LogP contribution in [0.4, 0.5) is 0 Å². The van der Waals surface area contributed by atoms with Gasteiger partial charge in [-0.15, -0.1) is 0 Å². The summed E-state index contributed by atoms with van der Waals surface area (Å²) in [4.78, 5) is 19.9. The molecule has 0 aliphatic rings. The van der Waals surface area contributed by atoms with Crippen LogP contribution in [0.1, 0.15) is 0 Å². The number of nitrogens with one attached hydrogen (secondary N) is 4. The molecule has 0 aliphatic heterocycles.